The highest BCUT2D eigenvalue weighted by Gasteiger charge is 2.37. The molecule has 1 atom stereocenters. The van der Waals surface area contributed by atoms with Crippen LogP contribution in [-0.4, -0.2) is 33.1 Å². The molecule has 30 heavy (non-hydrogen) atoms. The molecule has 162 valence electrons. The fourth-order valence-corrected chi connectivity index (χ4v) is 5.95. The van der Waals surface area contributed by atoms with Gasteiger partial charge in [-0.15, -0.1) is 0 Å². The molecule has 6 nitrogen and oxygen atoms in total. The lowest BCUT2D eigenvalue weighted by Gasteiger charge is -2.20. The number of unbranched alkanes of at least 4 members (excludes halogenated alkanes) is 3. The monoisotopic (exact) mass is 547 g/mol. The zero-order chi connectivity index (χ0) is 21.9. The van der Waals surface area contributed by atoms with Crippen LogP contribution >= 0.6 is 22.6 Å². The van der Waals surface area contributed by atoms with Gasteiger partial charge in [0.1, 0.15) is 11.9 Å². The van der Waals surface area contributed by atoms with Gasteiger partial charge in [0.05, 0.1) is 20.7 Å². The van der Waals surface area contributed by atoms with Crippen molar-refractivity contribution in [3.8, 4) is 0 Å². The predicted molar refractivity (Wildman–Crippen MR) is 121 cm³/mol. The van der Waals surface area contributed by atoms with Gasteiger partial charge in [-0.2, -0.15) is 0 Å². The minimum Gasteiger partial charge on any atom is -0.481 e. The van der Waals surface area contributed by atoms with Crippen molar-refractivity contribution < 1.29 is 28.0 Å². The summed E-state index contributed by atoms with van der Waals surface area (Å²) in [6.45, 7) is 0.725. The quantitative estimate of drug-likeness (QED) is 0.392. The maximum Gasteiger partial charge on any atom is 0.303 e. The Labute approximate surface area is 189 Å². The van der Waals surface area contributed by atoms with Crippen molar-refractivity contribution in [1.82, 2.24) is 0 Å². The van der Waals surface area contributed by atoms with Crippen LogP contribution in [0.3, 0.4) is 0 Å². The van der Waals surface area contributed by atoms with Gasteiger partial charge < -0.3 is 10.4 Å². The lowest BCUT2D eigenvalue weighted by molar-refractivity contribution is -0.687. The van der Waals surface area contributed by atoms with Gasteiger partial charge in [-0.25, -0.2) is 12.8 Å². The Bertz CT molecular complexity index is 1050. The zero-order valence-corrected chi connectivity index (χ0v) is 19.6. The van der Waals surface area contributed by atoms with E-state index in [1.165, 1.54) is 23.5 Å². The Balaban J connectivity index is 1.90. The van der Waals surface area contributed by atoms with Crippen LogP contribution in [0.4, 0.5) is 10.1 Å². The minimum absolute atomic E-state index is 0.134. The third-order valence-electron chi connectivity index (χ3n) is 5.38. The minimum atomic E-state index is -3.81. The van der Waals surface area contributed by atoms with Crippen molar-refractivity contribution in [3.63, 3.8) is 0 Å². The lowest BCUT2D eigenvalue weighted by Crippen LogP contribution is -2.85. The number of hydrogen-bond acceptors (Lipinski definition) is 3. The van der Waals surface area contributed by atoms with E-state index in [0.29, 0.717) is 17.7 Å². The summed E-state index contributed by atoms with van der Waals surface area (Å²) in [7, 11) is -2.28. The molecule has 1 unspecified atom stereocenters. The van der Waals surface area contributed by atoms with Crippen molar-refractivity contribution in [2.45, 2.75) is 43.0 Å². The molecule has 1 heterocycles. The van der Waals surface area contributed by atoms with Gasteiger partial charge in [-0.1, -0.05) is 24.6 Å². The van der Waals surface area contributed by atoms with Crippen molar-refractivity contribution >= 4 is 44.3 Å². The van der Waals surface area contributed by atoms with Gasteiger partial charge in [0.2, 0.25) is 0 Å². The summed E-state index contributed by atoms with van der Waals surface area (Å²) in [5.41, 5.74) is 1.87. The van der Waals surface area contributed by atoms with Crippen molar-refractivity contribution in [1.29, 1.82) is 0 Å². The van der Waals surface area contributed by atoms with E-state index in [4.69, 9.17) is 5.11 Å². The Hall–Kier alpha value is -1.72. The highest BCUT2D eigenvalue weighted by atomic mass is 127. The summed E-state index contributed by atoms with van der Waals surface area (Å²) >= 11 is 1.82. The summed E-state index contributed by atoms with van der Waals surface area (Å²) < 4.78 is 42.5. The summed E-state index contributed by atoms with van der Waals surface area (Å²) in [5.74, 6) is -1.21. The van der Waals surface area contributed by atoms with E-state index >= 15 is 0 Å². The number of para-hydroxylation sites is 1. The first kappa shape index (κ1) is 23.0. The number of benzene rings is 2. The molecule has 0 fully saturated rings. The predicted octanol–water partition coefficient (Wildman–Crippen LogP) is 3.26. The summed E-state index contributed by atoms with van der Waals surface area (Å²) in [6, 6.07) is 9.73. The number of aliphatic carboxylic acids is 1. The molecule has 3 rings (SSSR count). The number of nitrogens with two attached hydrogens (primary N) is 1. The van der Waals surface area contributed by atoms with Gasteiger partial charge in [0.25, 0.3) is 10.0 Å². The summed E-state index contributed by atoms with van der Waals surface area (Å²) in [6.07, 6.45) is 3.42. The number of anilines is 1. The second-order valence-electron chi connectivity index (χ2n) is 7.40. The zero-order valence-electron chi connectivity index (χ0n) is 16.6. The number of halogens is 2. The number of rotatable bonds is 8. The topological polar surface area (TPSA) is 91.3 Å². The molecular weight excluding hydrogens is 522 g/mol. The molecule has 1 aliphatic heterocycles. The second-order valence-corrected chi connectivity index (χ2v) is 10.5. The van der Waals surface area contributed by atoms with Crippen LogP contribution in [0, 0.1) is 9.39 Å². The van der Waals surface area contributed by atoms with Crippen molar-refractivity contribution in [2.75, 3.05) is 17.9 Å². The third kappa shape index (κ3) is 4.78. The number of carbonyl (C=O) groups is 1. The van der Waals surface area contributed by atoms with Crippen LogP contribution < -0.4 is 9.62 Å². The number of nitrogens with zero attached hydrogens (tertiary/aromatic N) is 1. The first-order chi connectivity index (χ1) is 14.2. The average molecular weight is 547 g/mol. The Kier molecular flexibility index (Phi) is 7.35. The molecule has 0 bridgehead atoms. The maximum atomic E-state index is 14.5. The van der Waals surface area contributed by atoms with E-state index in [9.17, 15) is 17.6 Å². The molecule has 0 spiro atoms. The molecule has 0 aliphatic carbocycles. The van der Waals surface area contributed by atoms with E-state index < -0.39 is 21.8 Å². The highest BCUT2D eigenvalue weighted by Crippen LogP contribution is 2.39. The number of carboxylic acid groups (broad SMARTS) is 1. The van der Waals surface area contributed by atoms with E-state index in [-0.39, 0.29) is 20.9 Å². The summed E-state index contributed by atoms with van der Waals surface area (Å²) in [5, 5.41) is 10.8. The van der Waals surface area contributed by atoms with Crippen LogP contribution in [0.2, 0.25) is 0 Å². The number of carboxylic acids is 1. The SMILES string of the molecule is CN1c2ccccc2C([NH2+]CCCCCCC(=O)O)c2cc(F)c(I)cc2S1(=O)=O. The first-order valence-corrected chi connectivity index (χ1v) is 12.4. The fraction of sp³-hybridized carbons (Fsp3) is 0.381. The van der Waals surface area contributed by atoms with Gasteiger partial charge in [-0.05, 0) is 60.1 Å². The number of hydrogen-bond donors (Lipinski definition) is 2. The van der Waals surface area contributed by atoms with E-state index in [1.54, 1.807) is 12.1 Å². The number of quaternary nitrogens is 1. The molecular formula is C21H25FIN2O4S+. The van der Waals surface area contributed by atoms with Gasteiger partial charge in [0, 0.05) is 24.6 Å². The molecule has 0 amide bonds. The molecule has 2 aromatic carbocycles. The highest BCUT2D eigenvalue weighted by molar-refractivity contribution is 14.1. The molecule has 0 saturated heterocycles. The Morgan fingerprint density at radius 1 is 1.17 bits per heavy atom. The molecule has 3 N–H and O–H groups in total. The van der Waals surface area contributed by atoms with E-state index in [1.807, 2.05) is 34.7 Å². The normalized spacial score (nSPS) is 17.2. The fourth-order valence-electron chi connectivity index (χ4n) is 3.80. The summed E-state index contributed by atoms with van der Waals surface area (Å²) in [4.78, 5) is 10.7. The third-order valence-corrected chi connectivity index (χ3v) is 8.04. The van der Waals surface area contributed by atoms with Crippen LogP contribution in [0.1, 0.15) is 49.3 Å². The molecule has 0 aromatic heterocycles. The standard InChI is InChI=1S/C21H24FIN2O4S/c1-25-18-9-6-5-8-14(18)21(24-11-7-3-2-4-10-20(26)27)15-12-16(22)17(23)13-19(15)30(25,28)29/h5-6,8-9,12-13,21,24H,2-4,7,10-11H2,1H3,(H,26,27)/p+1. The Morgan fingerprint density at radius 3 is 2.60 bits per heavy atom. The molecule has 9 heteroatoms. The smallest absolute Gasteiger partial charge is 0.303 e. The number of sulfonamides is 1. The molecule has 2 aromatic rings. The Morgan fingerprint density at radius 2 is 1.87 bits per heavy atom. The molecule has 0 radical (unpaired) electrons. The van der Waals surface area contributed by atoms with Gasteiger partial charge >= 0.3 is 5.97 Å². The molecule has 0 saturated carbocycles. The maximum absolute atomic E-state index is 14.5. The molecule has 1 aliphatic rings. The van der Waals surface area contributed by atoms with Crippen LogP contribution in [0.15, 0.2) is 41.3 Å². The van der Waals surface area contributed by atoms with E-state index in [0.717, 1.165) is 31.4 Å². The average Bonchev–Trinajstić information content (AvgIpc) is 2.76. The van der Waals surface area contributed by atoms with Gasteiger partial charge in [-0.3, -0.25) is 9.10 Å². The lowest BCUT2D eigenvalue weighted by atomic mass is 9.96. The second kappa shape index (κ2) is 9.61. The van der Waals surface area contributed by atoms with Crippen molar-refractivity contribution in [3.05, 3.63) is 56.9 Å². The largest absolute Gasteiger partial charge is 0.481 e. The van der Waals surface area contributed by atoms with Crippen molar-refractivity contribution in [2.24, 2.45) is 0 Å². The van der Waals surface area contributed by atoms with Crippen LogP contribution in [0.25, 0.3) is 0 Å². The van der Waals surface area contributed by atoms with Gasteiger partial charge in [0.15, 0.2) is 0 Å². The number of fused-ring (bicyclic) bond motifs is 2. The van der Waals surface area contributed by atoms with Crippen LogP contribution in [0.5, 0.6) is 0 Å². The first-order valence-electron chi connectivity index (χ1n) is 9.85. The van der Waals surface area contributed by atoms with E-state index in [2.05, 4.69) is 5.32 Å². The van der Waals surface area contributed by atoms with Crippen LogP contribution in [-0.2, 0) is 14.8 Å².